The van der Waals surface area contributed by atoms with Crippen LogP contribution in [0, 0.1) is 11.3 Å². The van der Waals surface area contributed by atoms with E-state index >= 15 is 0 Å². The highest BCUT2D eigenvalue weighted by Crippen LogP contribution is 2.30. The SMILES string of the molecule is CCOc1ccc(N[C@H](C)C(=O)Nc2ccc(C#N)cc2)cc1OCC. The molecule has 0 bridgehead atoms. The van der Waals surface area contributed by atoms with Crippen molar-refractivity contribution in [3.8, 4) is 17.6 Å². The van der Waals surface area contributed by atoms with Crippen molar-refractivity contribution in [3.63, 3.8) is 0 Å². The molecule has 1 atom stereocenters. The Morgan fingerprint density at radius 1 is 1.04 bits per heavy atom. The van der Waals surface area contributed by atoms with Crippen LogP contribution in [0.2, 0.25) is 0 Å². The van der Waals surface area contributed by atoms with E-state index in [4.69, 9.17) is 14.7 Å². The van der Waals surface area contributed by atoms with E-state index in [-0.39, 0.29) is 5.91 Å². The largest absolute Gasteiger partial charge is 0.490 e. The zero-order valence-corrected chi connectivity index (χ0v) is 15.2. The number of nitrogens with one attached hydrogen (secondary N) is 2. The molecule has 0 aromatic heterocycles. The van der Waals surface area contributed by atoms with Gasteiger partial charge in [0.15, 0.2) is 11.5 Å². The van der Waals surface area contributed by atoms with E-state index in [1.54, 1.807) is 31.2 Å². The van der Waals surface area contributed by atoms with Crippen LogP contribution in [0.4, 0.5) is 11.4 Å². The Balaban J connectivity index is 2.03. The monoisotopic (exact) mass is 353 g/mol. The molecule has 0 aliphatic heterocycles. The summed E-state index contributed by atoms with van der Waals surface area (Å²) in [4.78, 5) is 12.4. The Kier molecular flexibility index (Phi) is 6.86. The lowest BCUT2D eigenvalue weighted by Gasteiger charge is -2.17. The van der Waals surface area contributed by atoms with Crippen molar-refractivity contribution in [1.29, 1.82) is 5.26 Å². The zero-order valence-electron chi connectivity index (χ0n) is 15.2. The second-order valence-electron chi connectivity index (χ2n) is 5.57. The van der Waals surface area contributed by atoms with Crippen LogP contribution >= 0.6 is 0 Å². The molecule has 2 N–H and O–H groups in total. The Hall–Kier alpha value is -3.20. The number of carbonyl (C=O) groups excluding carboxylic acids is 1. The first kappa shape index (κ1) is 19.1. The predicted molar refractivity (Wildman–Crippen MR) is 102 cm³/mol. The molecule has 6 heteroatoms. The van der Waals surface area contributed by atoms with Crippen LogP contribution in [0.3, 0.4) is 0 Å². The molecule has 2 aromatic carbocycles. The van der Waals surface area contributed by atoms with Crippen LogP contribution in [0.25, 0.3) is 0 Å². The maximum atomic E-state index is 12.4. The number of nitriles is 1. The molecule has 0 unspecified atom stereocenters. The van der Waals surface area contributed by atoms with Gasteiger partial charge in [-0.3, -0.25) is 4.79 Å². The lowest BCUT2D eigenvalue weighted by molar-refractivity contribution is -0.116. The first-order valence-electron chi connectivity index (χ1n) is 8.54. The van der Waals surface area contributed by atoms with Crippen molar-refractivity contribution in [1.82, 2.24) is 0 Å². The van der Waals surface area contributed by atoms with Crippen molar-refractivity contribution in [3.05, 3.63) is 48.0 Å². The number of ether oxygens (including phenoxy) is 2. The number of amides is 1. The Labute approximate surface area is 153 Å². The van der Waals surface area contributed by atoms with Crippen molar-refractivity contribution in [2.45, 2.75) is 26.8 Å². The maximum absolute atomic E-state index is 12.4. The van der Waals surface area contributed by atoms with Crippen LogP contribution in [0.15, 0.2) is 42.5 Å². The summed E-state index contributed by atoms with van der Waals surface area (Å²) in [5, 5.41) is 14.8. The summed E-state index contributed by atoms with van der Waals surface area (Å²) in [5.74, 6) is 1.13. The highest BCUT2D eigenvalue weighted by molar-refractivity contribution is 5.96. The number of benzene rings is 2. The molecule has 0 radical (unpaired) electrons. The third kappa shape index (κ3) is 5.15. The molecule has 26 heavy (non-hydrogen) atoms. The second-order valence-corrected chi connectivity index (χ2v) is 5.57. The summed E-state index contributed by atoms with van der Waals surface area (Å²) >= 11 is 0. The lowest BCUT2D eigenvalue weighted by Crippen LogP contribution is -2.31. The van der Waals surface area contributed by atoms with E-state index in [0.717, 1.165) is 5.69 Å². The molecule has 0 aliphatic carbocycles. The predicted octanol–water partition coefficient (Wildman–Crippen LogP) is 3.79. The van der Waals surface area contributed by atoms with Gasteiger partial charge in [-0.15, -0.1) is 0 Å². The minimum atomic E-state index is -0.460. The first-order chi connectivity index (χ1) is 12.6. The van der Waals surface area contributed by atoms with Gasteiger partial charge in [-0.25, -0.2) is 0 Å². The van der Waals surface area contributed by atoms with Crippen LogP contribution in [-0.4, -0.2) is 25.2 Å². The molecule has 6 nitrogen and oxygen atoms in total. The van der Waals surface area contributed by atoms with Gasteiger partial charge in [-0.1, -0.05) is 0 Å². The van der Waals surface area contributed by atoms with Crippen LogP contribution in [0.5, 0.6) is 11.5 Å². The summed E-state index contributed by atoms with van der Waals surface area (Å²) in [7, 11) is 0. The van der Waals surface area contributed by atoms with Crippen molar-refractivity contribution in [2.75, 3.05) is 23.8 Å². The van der Waals surface area contributed by atoms with Gasteiger partial charge in [0.05, 0.1) is 24.8 Å². The average Bonchev–Trinajstić information content (AvgIpc) is 2.64. The van der Waals surface area contributed by atoms with Gasteiger partial charge in [0.1, 0.15) is 6.04 Å². The van der Waals surface area contributed by atoms with Gasteiger partial charge in [0, 0.05) is 17.4 Å². The van der Waals surface area contributed by atoms with E-state index in [0.29, 0.717) is 36.0 Å². The van der Waals surface area contributed by atoms with Gasteiger partial charge < -0.3 is 20.1 Å². The van der Waals surface area contributed by atoms with Crippen LogP contribution in [-0.2, 0) is 4.79 Å². The fourth-order valence-corrected chi connectivity index (χ4v) is 2.34. The van der Waals surface area contributed by atoms with Gasteiger partial charge in [0.25, 0.3) is 0 Å². The third-order valence-corrected chi connectivity index (χ3v) is 3.60. The topological polar surface area (TPSA) is 83.4 Å². The standard InChI is InChI=1S/C20H23N3O3/c1-4-25-18-11-10-17(12-19(18)26-5-2)22-14(3)20(24)23-16-8-6-15(13-21)7-9-16/h6-12,14,22H,4-5H2,1-3H3,(H,23,24)/t14-/m1/s1. The van der Waals surface area contributed by atoms with Gasteiger partial charge in [0.2, 0.25) is 5.91 Å². The number of rotatable bonds is 8. The Bertz CT molecular complexity index is 782. The van der Waals surface area contributed by atoms with Crippen molar-refractivity contribution < 1.29 is 14.3 Å². The molecule has 0 saturated heterocycles. The van der Waals surface area contributed by atoms with Crippen molar-refractivity contribution >= 4 is 17.3 Å². The van der Waals surface area contributed by atoms with Gasteiger partial charge in [-0.2, -0.15) is 5.26 Å². The summed E-state index contributed by atoms with van der Waals surface area (Å²) in [5.41, 5.74) is 1.95. The summed E-state index contributed by atoms with van der Waals surface area (Å²) in [6.45, 7) is 6.67. The van der Waals surface area contributed by atoms with E-state index in [9.17, 15) is 4.79 Å². The number of carbonyl (C=O) groups is 1. The fraction of sp³-hybridized carbons (Fsp3) is 0.300. The zero-order chi connectivity index (χ0) is 18.9. The minimum absolute atomic E-state index is 0.179. The van der Waals surface area contributed by atoms with E-state index in [1.165, 1.54) is 0 Å². The highest BCUT2D eigenvalue weighted by atomic mass is 16.5. The molecule has 136 valence electrons. The van der Waals surface area contributed by atoms with E-state index < -0.39 is 6.04 Å². The second kappa shape index (κ2) is 9.33. The first-order valence-corrected chi connectivity index (χ1v) is 8.54. The lowest BCUT2D eigenvalue weighted by atomic mass is 10.2. The Morgan fingerprint density at radius 3 is 2.27 bits per heavy atom. The number of hydrogen-bond donors (Lipinski definition) is 2. The normalized spacial score (nSPS) is 11.2. The molecule has 1 amide bonds. The average molecular weight is 353 g/mol. The molecule has 0 heterocycles. The smallest absolute Gasteiger partial charge is 0.246 e. The number of anilines is 2. The molecule has 0 fully saturated rings. The molecular formula is C20H23N3O3. The molecule has 0 aliphatic rings. The van der Waals surface area contributed by atoms with Crippen LogP contribution in [0.1, 0.15) is 26.3 Å². The summed E-state index contributed by atoms with van der Waals surface area (Å²) < 4.78 is 11.1. The number of hydrogen-bond acceptors (Lipinski definition) is 5. The summed E-state index contributed by atoms with van der Waals surface area (Å²) in [6.07, 6.45) is 0. The number of nitrogens with zero attached hydrogens (tertiary/aromatic N) is 1. The van der Waals surface area contributed by atoms with E-state index in [1.807, 2.05) is 38.1 Å². The third-order valence-electron chi connectivity index (χ3n) is 3.60. The molecule has 2 aromatic rings. The molecular weight excluding hydrogens is 330 g/mol. The van der Waals surface area contributed by atoms with Crippen LogP contribution < -0.4 is 20.1 Å². The quantitative estimate of drug-likeness (QED) is 0.754. The van der Waals surface area contributed by atoms with Gasteiger partial charge in [-0.05, 0) is 57.2 Å². The highest BCUT2D eigenvalue weighted by Gasteiger charge is 2.14. The van der Waals surface area contributed by atoms with Crippen molar-refractivity contribution in [2.24, 2.45) is 0 Å². The minimum Gasteiger partial charge on any atom is -0.490 e. The Morgan fingerprint density at radius 2 is 1.65 bits per heavy atom. The maximum Gasteiger partial charge on any atom is 0.246 e. The summed E-state index contributed by atoms with van der Waals surface area (Å²) in [6, 6.07) is 13.8. The molecule has 0 saturated carbocycles. The van der Waals surface area contributed by atoms with E-state index in [2.05, 4.69) is 10.6 Å². The fourth-order valence-electron chi connectivity index (χ4n) is 2.34. The molecule has 0 spiro atoms. The van der Waals surface area contributed by atoms with Gasteiger partial charge >= 0.3 is 0 Å². The molecule has 2 rings (SSSR count).